The molecule has 1 aromatic heterocycles. The Bertz CT molecular complexity index is 895. The number of hydrogen-bond donors (Lipinski definition) is 1. The minimum atomic E-state index is -0.256. The van der Waals surface area contributed by atoms with E-state index in [1.54, 1.807) is 34.6 Å². The first kappa shape index (κ1) is 23.4. The van der Waals surface area contributed by atoms with E-state index >= 15 is 0 Å². The van der Waals surface area contributed by atoms with Gasteiger partial charge in [0.1, 0.15) is 18.2 Å². The monoisotopic (exact) mass is 457 g/mol. The lowest BCUT2D eigenvalue weighted by Crippen LogP contribution is -2.16. The van der Waals surface area contributed by atoms with E-state index in [1.165, 1.54) is 12.1 Å². The van der Waals surface area contributed by atoms with Crippen molar-refractivity contribution in [2.24, 2.45) is 7.05 Å². The summed E-state index contributed by atoms with van der Waals surface area (Å²) in [6, 6.07) is 11.8. The third kappa shape index (κ3) is 7.47. The molecule has 0 fully saturated rings. The van der Waals surface area contributed by atoms with Gasteiger partial charge < -0.3 is 10.1 Å². The average molecular weight is 458 g/mol. The normalized spacial score (nSPS) is 10.6. The van der Waals surface area contributed by atoms with E-state index in [-0.39, 0.29) is 18.2 Å². The van der Waals surface area contributed by atoms with Gasteiger partial charge in [0.15, 0.2) is 0 Å². The van der Waals surface area contributed by atoms with E-state index in [0.29, 0.717) is 18.2 Å². The molecule has 6 nitrogen and oxygen atoms in total. The van der Waals surface area contributed by atoms with Gasteiger partial charge in [0, 0.05) is 29.9 Å². The maximum absolute atomic E-state index is 13.0. The van der Waals surface area contributed by atoms with Crippen molar-refractivity contribution in [3.8, 4) is 5.75 Å². The van der Waals surface area contributed by atoms with Gasteiger partial charge >= 0.3 is 0 Å². The van der Waals surface area contributed by atoms with Crippen molar-refractivity contribution in [2.45, 2.75) is 24.7 Å². The van der Waals surface area contributed by atoms with E-state index in [9.17, 15) is 4.39 Å². The lowest BCUT2D eigenvalue weighted by atomic mass is 10.2. The Balaban J connectivity index is 0.00000300. The van der Waals surface area contributed by atoms with Crippen molar-refractivity contribution in [3.05, 3.63) is 64.4 Å². The molecule has 1 heterocycles. The number of nitrogens with zero attached hydrogens (tertiary/aromatic N) is 4. The lowest BCUT2D eigenvalue weighted by Gasteiger charge is -2.13. The largest absolute Gasteiger partial charge is 0.489 e. The number of aromatic nitrogens is 4. The zero-order chi connectivity index (χ0) is 19.8. The van der Waals surface area contributed by atoms with Gasteiger partial charge in [0.25, 0.3) is 0 Å². The second-order valence-corrected chi connectivity index (χ2v) is 7.63. The molecule has 3 rings (SSSR count). The molecular weight excluding hydrogens is 436 g/mol. The van der Waals surface area contributed by atoms with Crippen molar-refractivity contribution >= 4 is 35.8 Å². The SMILES string of the molecule is Cl.Cn1nnnc1SCCCNCc1cc(Cl)ccc1OCc1ccc(F)cc1. The number of benzene rings is 2. The molecule has 0 aliphatic heterocycles. The number of thioether (sulfide) groups is 1. The zero-order valence-electron chi connectivity index (χ0n) is 15.8. The Kier molecular flexibility index (Phi) is 9.66. The fraction of sp³-hybridized carbons (Fsp3) is 0.316. The van der Waals surface area contributed by atoms with Crippen LogP contribution in [0.2, 0.25) is 5.02 Å². The standard InChI is InChI=1S/C19H21ClFN5OS.ClH/c1-26-19(23-24-25-26)28-10-2-9-22-12-15-11-16(20)5-8-18(15)27-13-14-3-6-17(21)7-4-14;/h3-8,11,22H,2,9-10,12-13H2,1H3;1H. The average Bonchev–Trinajstić information content (AvgIpc) is 3.10. The summed E-state index contributed by atoms with van der Waals surface area (Å²) in [5, 5.41) is 16.3. The van der Waals surface area contributed by atoms with Gasteiger partial charge in [0.2, 0.25) is 5.16 Å². The van der Waals surface area contributed by atoms with Crippen molar-refractivity contribution in [1.29, 1.82) is 0 Å². The van der Waals surface area contributed by atoms with Gasteiger partial charge in [-0.2, -0.15) is 0 Å². The summed E-state index contributed by atoms with van der Waals surface area (Å²) in [5.41, 5.74) is 1.89. The molecule has 0 aliphatic rings. The predicted molar refractivity (Wildman–Crippen MR) is 115 cm³/mol. The Hall–Kier alpha value is -1.87. The van der Waals surface area contributed by atoms with Gasteiger partial charge in [-0.25, -0.2) is 9.07 Å². The van der Waals surface area contributed by atoms with Gasteiger partial charge in [0.05, 0.1) is 0 Å². The van der Waals surface area contributed by atoms with Crippen LogP contribution in [0.25, 0.3) is 0 Å². The van der Waals surface area contributed by atoms with Crippen molar-refractivity contribution in [1.82, 2.24) is 25.5 Å². The number of hydrogen-bond acceptors (Lipinski definition) is 6. The molecule has 0 aliphatic carbocycles. The first-order valence-electron chi connectivity index (χ1n) is 8.83. The molecule has 0 radical (unpaired) electrons. The first-order valence-corrected chi connectivity index (χ1v) is 10.2. The lowest BCUT2D eigenvalue weighted by molar-refractivity contribution is 0.302. The molecule has 0 saturated carbocycles. The molecule has 0 bridgehead atoms. The molecule has 0 unspecified atom stereocenters. The third-order valence-corrected chi connectivity index (χ3v) is 5.29. The molecule has 156 valence electrons. The topological polar surface area (TPSA) is 64.9 Å². The van der Waals surface area contributed by atoms with Gasteiger partial charge in [-0.1, -0.05) is 35.5 Å². The van der Waals surface area contributed by atoms with Gasteiger partial charge in [-0.15, -0.1) is 17.5 Å². The van der Waals surface area contributed by atoms with Crippen LogP contribution in [-0.4, -0.2) is 32.5 Å². The highest BCUT2D eigenvalue weighted by atomic mass is 35.5. The van der Waals surface area contributed by atoms with Crippen LogP contribution in [0.3, 0.4) is 0 Å². The van der Waals surface area contributed by atoms with Crippen LogP contribution in [0.4, 0.5) is 4.39 Å². The minimum absolute atomic E-state index is 0. The van der Waals surface area contributed by atoms with E-state index in [4.69, 9.17) is 16.3 Å². The Labute approximate surface area is 184 Å². The van der Waals surface area contributed by atoms with Gasteiger partial charge in [-0.3, -0.25) is 0 Å². The summed E-state index contributed by atoms with van der Waals surface area (Å²) in [4.78, 5) is 0. The summed E-state index contributed by atoms with van der Waals surface area (Å²) in [6.07, 6.45) is 0.976. The zero-order valence-corrected chi connectivity index (χ0v) is 18.2. The molecular formula is C19H22Cl2FN5OS. The van der Waals surface area contributed by atoms with Crippen molar-refractivity contribution in [2.75, 3.05) is 12.3 Å². The fourth-order valence-electron chi connectivity index (χ4n) is 2.50. The highest BCUT2D eigenvalue weighted by Crippen LogP contribution is 2.24. The summed E-state index contributed by atoms with van der Waals surface area (Å²) in [6.45, 7) is 1.87. The predicted octanol–water partition coefficient (Wildman–Crippen LogP) is 4.28. The number of aryl methyl sites for hydroxylation is 1. The smallest absolute Gasteiger partial charge is 0.209 e. The fourth-order valence-corrected chi connectivity index (χ4v) is 3.48. The second-order valence-electron chi connectivity index (χ2n) is 6.13. The Morgan fingerprint density at radius 3 is 2.72 bits per heavy atom. The number of tetrazole rings is 1. The van der Waals surface area contributed by atoms with Crippen LogP contribution in [0.1, 0.15) is 17.5 Å². The number of rotatable bonds is 10. The summed E-state index contributed by atoms with van der Waals surface area (Å²) in [5.74, 6) is 1.43. The molecule has 0 amide bonds. The number of halogens is 3. The van der Waals surface area contributed by atoms with E-state index in [0.717, 1.165) is 40.8 Å². The second kappa shape index (κ2) is 12.0. The minimum Gasteiger partial charge on any atom is -0.489 e. The Morgan fingerprint density at radius 1 is 1.21 bits per heavy atom. The quantitative estimate of drug-likeness (QED) is 0.362. The molecule has 0 saturated heterocycles. The molecule has 1 N–H and O–H groups in total. The first-order chi connectivity index (χ1) is 13.6. The van der Waals surface area contributed by atoms with Crippen LogP contribution >= 0.6 is 35.8 Å². The molecule has 3 aromatic rings. The molecule has 29 heavy (non-hydrogen) atoms. The van der Waals surface area contributed by atoms with E-state index in [1.807, 2.05) is 19.2 Å². The van der Waals surface area contributed by atoms with Crippen LogP contribution in [-0.2, 0) is 20.2 Å². The maximum atomic E-state index is 13.0. The Morgan fingerprint density at radius 2 is 2.00 bits per heavy atom. The molecule has 0 spiro atoms. The number of nitrogens with one attached hydrogen (secondary N) is 1. The van der Waals surface area contributed by atoms with Crippen LogP contribution in [0.5, 0.6) is 5.75 Å². The van der Waals surface area contributed by atoms with Crippen LogP contribution < -0.4 is 10.1 Å². The number of ether oxygens (including phenoxy) is 1. The third-order valence-electron chi connectivity index (χ3n) is 3.96. The molecule has 10 heteroatoms. The van der Waals surface area contributed by atoms with Crippen LogP contribution in [0.15, 0.2) is 47.6 Å². The van der Waals surface area contributed by atoms with Gasteiger partial charge in [-0.05, 0) is 59.3 Å². The summed E-state index contributed by atoms with van der Waals surface area (Å²) < 4.78 is 20.6. The van der Waals surface area contributed by atoms with E-state index in [2.05, 4.69) is 20.8 Å². The van der Waals surface area contributed by atoms with E-state index < -0.39 is 0 Å². The molecule has 0 atom stereocenters. The highest BCUT2D eigenvalue weighted by molar-refractivity contribution is 7.99. The summed E-state index contributed by atoms with van der Waals surface area (Å²) >= 11 is 7.76. The van der Waals surface area contributed by atoms with Crippen molar-refractivity contribution in [3.63, 3.8) is 0 Å². The summed E-state index contributed by atoms with van der Waals surface area (Å²) in [7, 11) is 1.83. The van der Waals surface area contributed by atoms with Crippen molar-refractivity contribution < 1.29 is 9.13 Å². The maximum Gasteiger partial charge on any atom is 0.209 e. The molecule has 2 aromatic carbocycles. The highest BCUT2D eigenvalue weighted by Gasteiger charge is 2.06. The van der Waals surface area contributed by atoms with Crippen LogP contribution in [0, 0.1) is 5.82 Å².